The maximum Gasteiger partial charge on any atom is 0.306 e. The zero-order valence-electron chi connectivity index (χ0n) is 38.9. The van der Waals surface area contributed by atoms with Crippen LogP contribution < -0.4 is 4.89 Å². The van der Waals surface area contributed by atoms with Gasteiger partial charge in [0.15, 0.2) is 6.10 Å². The highest BCUT2D eigenvalue weighted by Gasteiger charge is 2.21. The number of quaternary nitrogens is 1. The number of esters is 2. The van der Waals surface area contributed by atoms with Crippen LogP contribution in [-0.4, -0.2) is 70.0 Å². The molecule has 0 aromatic carbocycles. The van der Waals surface area contributed by atoms with Crippen LogP contribution in [0.4, 0.5) is 0 Å². The van der Waals surface area contributed by atoms with Crippen molar-refractivity contribution in [3.63, 3.8) is 0 Å². The molecule has 10 heteroatoms. The average molecular weight is 862 g/mol. The van der Waals surface area contributed by atoms with E-state index in [1.54, 1.807) is 0 Å². The number of likely N-dealkylation sites (N-methyl/N-ethyl adjacent to an activating group) is 1. The molecule has 2 unspecified atom stereocenters. The van der Waals surface area contributed by atoms with Gasteiger partial charge in [-0.05, 0) is 70.6 Å². The number of hydrogen-bond donors (Lipinski definition) is 0. The van der Waals surface area contributed by atoms with Crippen molar-refractivity contribution in [2.45, 2.75) is 187 Å². The molecule has 0 heterocycles. The molecule has 2 atom stereocenters. The first-order valence-electron chi connectivity index (χ1n) is 23.6. The van der Waals surface area contributed by atoms with Gasteiger partial charge in [0.1, 0.15) is 19.8 Å². The van der Waals surface area contributed by atoms with E-state index < -0.39 is 32.5 Å². The number of carbonyl (C=O) groups is 2. The Morgan fingerprint density at radius 1 is 0.533 bits per heavy atom. The third kappa shape index (κ3) is 45.0. The second kappa shape index (κ2) is 41.8. The normalized spacial score (nSPS) is 14.2. The molecule has 0 amide bonds. The van der Waals surface area contributed by atoms with Gasteiger partial charge in [0, 0.05) is 12.8 Å². The van der Waals surface area contributed by atoms with Crippen LogP contribution in [0.25, 0.3) is 0 Å². The van der Waals surface area contributed by atoms with Crippen molar-refractivity contribution in [1.82, 2.24) is 0 Å². The van der Waals surface area contributed by atoms with Gasteiger partial charge >= 0.3 is 11.9 Å². The Bertz CT molecular complexity index is 1250. The minimum atomic E-state index is -4.64. The van der Waals surface area contributed by atoms with E-state index in [1.807, 2.05) is 33.3 Å². The number of ether oxygens (including phenoxy) is 2. The van der Waals surface area contributed by atoms with Gasteiger partial charge in [-0.3, -0.25) is 14.2 Å². The standard InChI is InChI=1S/C50H88NO8P/c1-6-8-10-12-14-16-18-20-21-22-23-24-25-26-27-28-29-31-32-34-36-38-40-42-49(52)56-46-48(47-58-60(54,55)57-45-44-51(3,4)5)59-50(53)43-41-39-37-35-33-30-19-17-15-13-11-9-7-2/h8,10,14,16,20-21,23-24,30,33,37,39,48H,6-7,9,11-13,15,17-19,22,25-29,31-32,34-36,38,40-47H2,1-5H3/b10-8+,16-14+,21-20+,24-23+,33-30+,39-37+. The highest BCUT2D eigenvalue weighted by molar-refractivity contribution is 7.45. The van der Waals surface area contributed by atoms with Gasteiger partial charge in [-0.2, -0.15) is 0 Å². The summed E-state index contributed by atoms with van der Waals surface area (Å²) in [6.45, 7) is 4.03. The highest BCUT2D eigenvalue weighted by atomic mass is 31.2. The molecule has 0 aliphatic heterocycles. The molecule has 0 fully saturated rings. The second-order valence-corrected chi connectivity index (χ2v) is 18.1. The van der Waals surface area contributed by atoms with Gasteiger partial charge in [-0.25, -0.2) is 0 Å². The molecule has 0 spiro atoms. The van der Waals surface area contributed by atoms with E-state index in [0.717, 1.165) is 64.2 Å². The number of unbranched alkanes of at least 4 members (excludes halogenated alkanes) is 16. The van der Waals surface area contributed by atoms with Crippen LogP contribution in [-0.2, 0) is 32.7 Å². The molecule has 0 rings (SSSR count). The highest BCUT2D eigenvalue weighted by Crippen LogP contribution is 2.38. The molecule has 0 radical (unpaired) electrons. The van der Waals surface area contributed by atoms with E-state index >= 15 is 0 Å². The zero-order valence-corrected chi connectivity index (χ0v) is 39.8. The topological polar surface area (TPSA) is 111 Å². The summed E-state index contributed by atoms with van der Waals surface area (Å²) in [5.74, 6) is -0.922. The predicted molar refractivity (Wildman–Crippen MR) is 249 cm³/mol. The van der Waals surface area contributed by atoms with Gasteiger partial charge in [-0.1, -0.05) is 170 Å². The molecule has 0 saturated carbocycles. The van der Waals surface area contributed by atoms with E-state index in [4.69, 9.17) is 18.5 Å². The van der Waals surface area contributed by atoms with Crippen LogP contribution >= 0.6 is 7.82 Å². The van der Waals surface area contributed by atoms with Crippen LogP contribution in [0, 0.1) is 0 Å². The maximum atomic E-state index is 12.6. The number of nitrogens with zero attached hydrogens (tertiary/aromatic N) is 1. The average Bonchev–Trinajstić information content (AvgIpc) is 3.20. The molecule has 9 nitrogen and oxygen atoms in total. The molecule has 60 heavy (non-hydrogen) atoms. The van der Waals surface area contributed by atoms with Crippen LogP contribution in [0.5, 0.6) is 0 Å². The summed E-state index contributed by atoms with van der Waals surface area (Å²) in [6.07, 6.45) is 52.4. The Kier molecular flexibility index (Phi) is 40.0. The predicted octanol–water partition coefficient (Wildman–Crippen LogP) is 13.2. The Balaban J connectivity index is 4.30. The lowest BCUT2D eigenvalue weighted by molar-refractivity contribution is -0.870. The van der Waals surface area contributed by atoms with Gasteiger partial charge in [-0.15, -0.1) is 0 Å². The Labute approximate surface area is 368 Å². The van der Waals surface area contributed by atoms with Crippen molar-refractivity contribution in [3.05, 3.63) is 72.9 Å². The quantitative estimate of drug-likeness (QED) is 0.0196. The zero-order chi connectivity index (χ0) is 44.3. The van der Waals surface area contributed by atoms with Crippen molar-refractivity contribution >= 4 is 19.8 Å². The van der Waals surface area contributed by atoms with Crippen LogP contribution in [0.15, 0.2) is 72.9 Å². The first kappa shape index (κ1) is 57.4. The lowest BCUT2D eigenvalue weighted by Crippen LogP contribution is -2.37. The molecular weight excluding hydrogens is 774 g/mol. The number of hydrogen-bond acceptors (Lipinski definition) is 8. The van der Waals surface area contributed by atoms with Crippen molar-refractivity contribution in [1.29, 1.82) is 0 Å². The number of carbonyl (C=O) groups excluding carboxylic acids is 2. The molecule has 0 aliphatic carbocycles. The Morgan fingerprint density at radius 3 is 1.48 bits per heavy atom. The van der Waals surface area contributed by atoms with E-state index in [2.05, 4.69) is 74.6 Å². The second-order valence-electron chi connectivity index (χ2n) is 16.7. The molecule has 346 valence electrons. The van der Waals surface area contributed by atoms with Gasteiger partial charge in [0.2, 0.25) is 0 Å². The van der Waals surface area contributed by atoms with E-state index in [-0.39, 0.29) is 26.1 Å². The third-order valence-corrected chi connectivity index (χ3v) is 10.7. The molecule has 0 aliphatic rings. The molecule has 0 aromatic rings. The number of phosphoric acid groups is 1. The summed E-state index contributed by atoms with van der Waals surface area (Å²) in [4.78, 5) is 37.5. The summed E-state index contributed by atoms with van der Waals surface area (Å²) in [7, 11) is 1.12. The summed E-state index contributed by atoms with van der Waals surface area (Å²) < 4.78 is 33.8. The number of phosphoric ester groups is 1. The minimum absolute atomic E-state index is 0.0436. The smallest absolute Gasteiger partial charge is 0.306 e. The van der Waals surface area contributed by atoms with E-state index in [0.29, 0.717) is 23.9 Å². The van der Waals surface area contributed by atoms with Crippen molar-refractivity contribution in [2.75, 3.05) is 47.5 Å². The molecule has 0 N–H and O–H groups in total. The maximum absolute atomic E-state index is 12.6. The number of allylic oxidation sites excluding steroid dienone is 12. The first-order valence-corrected chi connectivity index (χ1v) is 25.1. The van der Waals surface area contributed by atoms with Crippen molar-refractivity contribution in [2.24, 2.45) is 0 Å². The molecule has 0 bridgehead atoms. The fourth-order valence-corrected chi connectivity index (χ4v) is 6.78. The Hall–Kier alpha value is -2.55. The lowest BCUT2D eigenvalue weighted by atomic mass is 10.1. The fourth-order valence-electron chi connectivity index (χ4n) is 6.05. The van der Waals surface area contributed by atoms with E-state index in [1.165, 1.54) is 77.0 Å². The van der Waals surface area contributed by atoms with Gasteiger partial charge < -0.3 is 27.9 Å². The minimum Gasteiger partial charge on any atom is -0.756 e. The van der Waals surface area contributed by atoms with Crippen LogP contribution in [0.3, 0.4) is 0 Å². The summed E-state index contributed by atoms with van der Waals surface area (Å²) in [6, 6.07) is 0. The first-order chi connectivity index (χ1) is 29.0. The lowest BCUT2D eigenvalue weighted by Gasteiger charge is -2.28. The molecule has 0 aromatic heterocycles. The van der Waals surface area contributed by atoms with Gasteiger partial charge in [0.25, 0.3) is 7.82 Å². The number of rotatable bonds is 42. The fraction of sp³-hybridized carbons (Fsp3) is 0.720. The summed E-state index contributed by atoms with van der Waals surface area (Å²) in [5, 5.41) is 0. The monoisotopic (exact) mass is 862 g/mol. The summed E-state index contributed by atoms with van der Waals surface area (Å²) >= 11 is 0. The van der Waals surface area contributed by atoms with Crippen LogP contribution in [0.2, 0.25) is 0 Å². The van der Waals surface area contributed by atoms with E-state index in [9.17, 15) is 19.0 Å². The largest absolute Gasteiger partial charge is 0.756 e. The van der Waals surface area contributed by atoms with Crippen molar-refractivity contribution in [3.8, 4) is 0 Å². The molecular formula is C50H88NO8P. The Morgan fingerprint density at radius 2 is 0.983 bits per heavy atom. The molecule has 0 saturated heterocycles. The third-order valence-electron chi connectivity index (χ3n) is 9.72. The summed E-state index contributed by atoms with van der Waals surface area (Å²) in [5.41, 5.74) is 0. The van der Waals surface area contributed by atoms with Crippen LogP contribution in [0.1, 0.15) is 181 Å². The van der Waals surface area contributed by atoms with Crippen molar-refractivity contribution < 1.29 is 42.1 Å². The van der Waals surface area contributed by atoms with Gasteiger partial charge in [0.05, 0.1) is 27.7 Å². The SMILES string of the molecule is CC/C=C/C/C=C/C/C=C/C/C=C/CCCCCCCCCCCCC(=O)OCC(COP(=O)([O-])OCC[N+](C)(C)C)OC(=O)CC/C=C/C/C=C/CCCCCCCC.